The smallest absolute Gasteiger partial charge is 0.273 e. The van der Waals surface area contributed by atoms with Crippen LogP contribution in [-0.2, 0) is 11.3 Å². The van der Waals surface area contributed by atoms with E-state index in [2.05, 4.69) is 9.36 Å². The quantitative estimate of drug-likeness (QED) is 0.661. The molecule has 30 heavy (non-hydrogen) atoms. The highest BCUT2D eigenvalue weighted by Crippen LogP contribution is 2.34. The molecule has 3 heterocycles. The number of phenols is 1. The number of likely N-dealkylation sites (tertiary alicyclic amines) is 1. The molecule has 0 radical (unpaired) electrons. The number of carbonyl (C=O) groups is 1. The van der Waals surface area contributed by atoms with Crippen LogP contribution in [-0.4, -0.2) is 53.6 Å². The Morgan fingerprint density at radius 3 is 2.73 bits per heavy atom. The molecule has 1 aliphatic carbocycles. The zero-order chi connectivity index (χ0) is 20.9. The lowest BCUT2D eigenvalue weighted by atomic mass is 9.91. The number of benzene rings is 1. The van der Waals surface area contributed by atoms with Crippen molar-refractivity contribution in [1.29, 1.82) is 0 Å². The Morgan fingerprint density at radius 2 is 2.03 bits per heavy atom. The average Bonchev–Trinajstić information content (AvgIpc) is 3.49. The molecule has 1 saturated carbocycles. The highest BCUT2D eigenvalue weighted by Gasteiger charge is 2.39. The Morgan fingerprint density at radius 1 is 1.27 bits per heavy atom. The van der Waals surface area contributed by atoms with Crippen molar-refractivity contribution >= 4 is 27.7 Å². The maximum absolute atomic E-state index is 13.0. The van der Waals surface area contributed by atoms with Crippen molar-refractivity contribution in [3.05, 3.63) is 40.9 Å². The molecule has 8 nitrogen and oxygen atoms in total. The molecule has 2 aliphatic rings. The number of aromatic nitrogens is 3. The molecule has 0 spiro atoms. The third-order valence-electron chi connectivity index (χ3n) is 5.97. The first-order valence-corrected chi connectivity index (χ1v) is 10.9. The summed E-state index contributed by atoms with van der Waals surface area (Å²) in [5, 5.41) is 20.7. The van der Waals surface area contributed by atoms with Crippen LogP contribution in [0.2, 0.25) is 0 Å². The van der Waals surface area contributed by atoms with E-state index in [-0.39, 0.29) is 29.7 Å². The lowest BCUT2D eigenvalue weighted by molar-refractivity contribution is -0.137. The van der Waals surface area contributed by atoms with Crippen molar-refractivity contribution in [3.63, 3.8) is 0 Å². The van der Waals surface area contributed by atoms with Crippen LogP contribution in [0.4, 0.5) is 0 Å². The lowest BCUT2D eigenvalue weighted by Crippen LogP contribution is -2.50. The minimum absolute atomic E-state index is 0.121. The third-order valence-corrected chi connectivity index (χ3v) is 6.79. The predicted octanol–water partition coefficient (Wildman–Crippen LogP) is 1.99. The number of aliphatic hydroxyl groups is 1. The number of carbonyl (C=O) groups excluding carboxylic acids is 1. The molecule has 2 aromatic heterocycles. The van der Waals surface area contributed by atoms with Gasteiger partial charge in [0.25, 0.3) is 5.56 Å². The Bertz CT molecular complexity index is 1180. The van der Waals surface area contributed by atoms with Gasteiger partial charge in [0, 0.05) is 24.6 Å². The van der Waals surface area contributed by atoms with E-state index in [1.54, 1.807) is 24.3 Å². The highest BCUT2D eigenvalue weighted by molar-refractivity contribution is 7.13. The number of phenolic OH excluding ortho intramolecular Hbond substituents is 1. The standard InChI is InChI=1S/C21H22N4O4S/c26-15-3-1-2-14(10-15)16-17-18(30-23-16)20(28)25(12-22-17)11-21(29)6-8-24(9-7-21)19(27)13-4-5-13/h1-3,10,12-13,26,29H,4-9,11H2. The second-order valence-corrected chi connectivity index (χ2v) is 9.03. The number of aromatic hydroxyl groups is 1. The van der Waals surface area contributed by atoms with Crippen molar-refractivity contribution in [2.45, 2.75) is 37.8 Å². The van der Waals surface area contributed by atoms with Crippen molar-refractivity contribution in [1.82, 2.24) is 18.8 Å². The first-order valence-electron chi connectivity index (χ1n) is 10.1. The molecule has 0 unspecified atom stereocenters. The van der Waals surface area contributed by atoms with E-state index in [9.17, 15) is 19.8 Å². The van der Waals surface area contributed by atoms with Crippen LogP contribution in [0.1, 0.15) is 25.7 Å². The topological polar surface area (TPSA) is 109 Å². The molecule has 3 aromatic rings. The van der Waals surface area contributed by atoms with Gasteiger partial charge in [0.1, 0.15) is 21.7 Å². The SMILES string of the molecule is O=C(C1CC1)N1CCC(O)(Cn2cnc3c(-c4cccc(O)c4)nsc3c2=O)CC1. The predicted molar refractivity (Wildman–Crippen MR) is 112 cm³/mol. The van der Waals surface area contributed by atoms with E-state index < -0.39 is 5.60 Å². The fourth-order valence-electron chi connectivity index (χ4n) is 4.02. The van der Waals surface area contributed by atoms with Crippen molar-refractivity contribution < 1.29 is 15.0 Å². The molecule has 1 aromatic carbocycles. The first-order chi connectivity index (χ1) is 14.4. The van der Waals surface area contributed by atoms with Gasteiger partial charge in [0.2, 0.25) is 5.91 Å². The summed E-state index contributed by atoms with van der Waals surface area (Å²) in [5.41, 5.74) is 0.452. The molecular formula is C21H22N4O4S. The van der Waals surface area contributed by atoms with E-state index in [0.29, 0.717) is 47.4 Å². The van der Waals surface area contributed by atoms with Gasteiger partial charge < -0.3 is 15.1 Å². The Hall–Kier alpha value is -2.78. The minimum atomic E-state index is -1.04. The molecule has 9 heteroatoms. The molecular weight excluding hydrogens is 404 g/mol. The van der Waals surface area contributed by atoms with Gasteiger partial charge in [-0.2, -0.15) is 4.37 Å². The zero-order valence-electron chi connectivity index (χ0n) is 16.3. The molecule has 1 aliphatic heterocycles. The fourth-order valence-corrected chi connectivity index (χ4v) is 4.82. The summed E-state index contributed by atoms with van der Waals surface area (Å²) >= 11 is 1.07. The molecule has 2 fully saturated rings. The second kappa shape index (κ2) is 7.17. The zero-order valence-corrected chi connectivity index (χ0v) is 17.1. The molecule has 0 atom stereocenters. The summed E-state index contributed by atoms with van der Waals surface area (Å²) in [7, 11) is 0. The first kappa shape index (κ1) is 19.2. The van der Waals surface area contributed by atoms with E-state index in [4.69, 9.17) is 0 Å². The lowest BCUT2D eigenvalue weighted by Gasteiger charge is -2.38. The van der Waals surface area contributed by atoms with Crippen LogP contribution >= 0.6 is 11.5 Å². The van der Waals surface area contributed by atoms with Gasteiger partial charge in [0.15, 0.2) is 0 Å². The minimum Gasteiger partial charge on any atom is -0.508 e. The number of piperidine rings is 1. The molecule has 1 amide bonds. The summed E-state index contributed by atoms with van der Waals surface area (Å²) in [5.74, 6) is 0.495. The number of nitrogens with zero attached hydrogens (tertiary/aromatic N) is 4. The largest absolute Gasteiger partial charge is 0.508 e. The van der Waals surface area contributed by atoms with E-state index in [1.807, 2.05) is 4.90 Å². The summed E-state index contributed by atoms with van der Waals surface area (Å²) in [6, 6.07) is 6.68. The Kier molecular flexibility index (Phi) is 4.59. The third kappa shape index (κ3) is 3.48. The highest BCUT2D eigenvalue weighted by atomic mass is 32.1. The van der Waals surface area contributed by atoms with Crippen molar-refractivity contribution in [3.8, 4) is 17.0 Å². The Labute approximate surface area is 176 Å². The maximum atomic E-state index is 13.0. The summed E-state index contributed by atoms with van der Waals surface area (Å²) in [4.78, 5) is 31.5. The molecule has 0 bridgehead atoms. The number of fused-ring (bicyclic) bond motifs is 1. The fraction of sp³-hybridized carbons (Fsp3) is 0.429. The number of rotatable bonds is 4. The van der Waals surface area contributed by atoms with Crippen LogP contribution in [0.25, 0.3) is 21.5 Å². The summed E-state index contributed by atoms with van der Waals surface area (Å²) in [6.45, 7) is 1.16. The normalized spacial score (nSPS) is 18.6. The van der Waals surface area contributed by atoms with Gasteiger partial charge in [-0.25, -0.2) is 4.98 Å². The number of hydrogen-bond donors (Lipinski definition) is 2. The van der Waals surface area contributed by atoms with Gasteiger partial charge in [0.05, 0.1) is 18.5 Å². The molecule has 156 valence electrons. The molecule has 1 saturated heterocycles. The number of hydrogen-bond acceptors (Lipinski definition) is 7. The van der Waals surface area contributed by atoms with Crippen LogP contribution in [0, 0.1) is 5.92 Å². The van der Waals surface area contributed by atoms with Gasteiger partial charge >= 0.3 is 0 Å². The van der Waals surface area contributed by atoms with Gasteiger partial charge in [-0.05, 0) is 49.3 Å². The second-order valence-electron chi connectivity index (χ2n) is 8.26. The molecule has 2 N–H and O–H groups in total. The van der Waals surface area contributed by atoms with E-state index in [0.717, 1.165) is 24.4 Å². The van der Waals surface area contributed by atoms with Gasteiger partial charge in [-0.15, -0.1) is 0 Å². The maximum Gasteiger partial charge on any atom is 0.273 e. The van der Waals surface area contributed by atoms with Gasteiger partial charge in [-0.3, -0.25) is 14.2 Å². The number of amides is 1. The van der Waals surface area contributed by atoms with Crippen LogP contribution in [0.5, 0.6) is 5.75 Å². The average molecular weight is 426 g/mol. The summed E-state index contributed by atoms with van der Waals surface area (Å²) < 4.78 is 6.23. The molecule has 5 rings (SSSR count). The monoisotopic (exact) mass is 426 g/mol. The van der Waals surface area contributed by atoms with Crippen molar-refractivity contribution in [2.75, 3.05) is 13.1 Å². The van der Waals surface area contributed by atoms with Crippen molar-refractivity contribution in [2.24, 2.45) is 5.92 Å². The van der Waals surface area contributed by atoms with Crippen LogP contribution in [0.15, 0.2) is 35.4 Å². The van der Waals surface area contributed by atoms with E-state index in [1.165, 1.54) is 10.9 Å². The van der Waals surface area contributed by atoms with Crippen LogP contribution < -0.4 is 5.56 Å². The van der Waals surface area contributed by atoms with Gasteiger partial charge in [-0.1, -0.05) is 12.1 Å². The summed E-state index contributed by atoms with van der Waals surface area (Å²) in [6.07, 6.45) is 4.27. The van der Waals surface area contributed by atoms with Crippen LogP contribution in [0.3, 0.4) is 0 Å². The Balaban J connectivity index is 1.37. The van der Waals surface area contributed by atoms with E-state index >= 15 is 0 Å².